The van der Waals surface area contributed by atoms with Gasteiger partial charge in [0.25, 0.3) is 0 Å². The molecule has 0 aliphatic carbocycles. The summed E-state index contributed by atoms with van der Waals surface area (Å²) in [6.07, 6.45) is -1.49. The van der Waals surface area contributed by atoms with Crippen LogP contribution in [0.25, 0.3) is 0 Å². The number of hydrogen-bond donors (Lipinski definition) is 1. The van der Waals surface area contributed by atoms with E-state index in [9.17, 15) is 13.9 Å². The van der Waals surface area contributed by atoms with Gasteiger partial charge >= 0.3 is 0 Å². The van der Waals surface area contributed by atoms with E-state index in [2.05, 4.69) is 15.9 Å². The van der Waals surface area contributed by atoms with Gasteiger partial charge in [0.1, 0.15) is 11.6 Å². The van der Waals surface area contributed by atoms with Crippen LogP contribution >= 0.6 is 15.9 Å². The fourth-order valence-corrected chi connectivity index (χ4v) is 3.19. The van der Waals surface area contributed by atoms with Crippen LogP contribution in [0.1, 0.15) is 32.4 Å². The molecular weight excluding hydrogens is 318 g/mol. The Morgan fingerprint density at radius 3 is 2.37 bits per heavy atom. The third kappa shape index (κ3) is 2.56. The van der Waals surface area contributed by atoms with Gasteiger partial charge in [0.2, 0.25) is 0 Å². The number of hydrogen-bond acceptors (Lipinski definition) is 2. The van der Waals surface area contributed by atoms with Gasteiger partial charge in [-0.2, -0.15) is 0 Å². The van der Waals surface area contributed by atoms with Crippen molar-refractivity contribution in [1.82, 2.24) is 0 Å². The summed E-state index contributed by atoms with van der Waals surface area (Å²) in [6, 6.07) is 2.45. The molecular formula is C14H17BrF2O2. The van der Waals surface area contributed by atoms with Crippen molar-refractivity contribution in [3.63, 3.8) is 0 Å². The number of halogens is 3. The van der Waals surface area contributed by atoms with Gasteiger partial charge < -0.3 is 9.84 Å². The maximum Gasteiger partial charge on any atom is 0.146 e. The zero-order chi connectivity index (χ0) is 14.3. The Morgan fingerprint density at radius 2 is 1.84 bits per heavy atom. The van der Waals surface area contributed by atoms with Crippen LogP contribution in [-0.4, -0.2) is 17.3 Å². The Kier molecular flexibility index (Phi) is 4.28. The minimum absolute atomic E-state index is 0.0304. The first-order chi connectivity index (χ1) is 8.84. The van der Waals surface area contributed by atoms with Crippen molar-refractivity contribution in [3.8, 4) is 0 Å². The highest BCUT2D eigenvalue weighted by Crippen LogP contribution is 2.42. The van der Waals surface area contributed by atoms with Crippen LogP contribution in [0, 0.1) is 23.5 Å². The average Bonchev–Trinajstić information content (AvgIpc) is 2.58. The van der Waals surface area contributed by atoms with Crippen LogP contribution < -0.4 is 0 Å². The molecule has 1 fully saturated rings. The molecule has 0 spiro atoms. The Balaban J connectivity index is 2.40. The van der Waals surface area contributed by atoms with E-state index in [1.165, 1.54) is 6.07 Å². The Morgan fingerprint density at radius 1 is 1.21 bits per heavy atom. The molecule has 2 nitrogen and oxygen atoms in total. The second-order valence-corrected chi connectivity index (χ2v) is 6.04. The fourth-order valence-electron chi connectivity index (χ4n) is 2.84. The number of rotatable bonds is 2. The monoisotopic (exact) mass is 334 g/mol. The van der Waals surface area contributed by atoms with Crippen molar-refractivity contribution in [2.24, 2.45) is 11.8 Å². The van der Waals surface area contributed by atoms with Crippen LogP contribution in [0.15, 0.2) is 16.6 Å². The third-order valence-corrected chi connectivity index (χ3v) is 4.67. The van der Waals surface area contributed by atoms with Crippen LogP contribution in [0.4, 0.5) is 8.78 Å². The molecule has 2 rings (SSSR count). The molecule has 1 aromatic rings. The molecule has 0 saturated carbocycles. The summed E-state index contributed by atoms with van der Waals surface area (Å²) in [5, 5.41) is 10.4. The minimum atomic E-state index is -1.22. The van der Waals surface area contributed by atoms with Crippen LogP contribution in [0.2, 0.25) is 0 Å². The lowest BCUT2D eigenvalue weighted by Gasteiger charge is -2.25. The Labute approximate surface area is 119 Å². The molecule has 1 aliphatic rings. The number of benzene rings is 1. The van der Waals surface area contributed by atoms with Gasteiger partial charge in [0.15, 0.2) is 0 Å². The molecule has 1 saturated heterocycles. The minimum Gasteiger partial charge on any atom is -0.388 e. The summed E-state index contributed by atoms with van der Waals surface area (Å²) in [4.78, 5) is 0. The quantitative estimate of drug-likeness (QED) is 0.833. The van der Waals surface area contributed by atoms with Crippen LogP contribution in [0.3, 0.4) is 0 Å². The van der Waals surface area contributed by atoms with Gasteiger partial charge in [-0.1, -0.05) is 6.92 Å². The van der Waals surface area contributed by atoms with Gasteiger partial charge in [-0.3, -0.25) is 0 Å². The predicted molar refractivity (Wildman–Crippen MR) is 71.7 cm³/mol. The van der Waals surface area contributed by atoms with E-state index in [4.69, 9.17) is 4.74 Å². The summed E-state index contributed by atoms with van der Waals surface area (Å²) >= 11 is 3.02. The smallest absolute Gasteiger partial charge is 0.146 e. The summed E-state index contributed by atoms with van der Waals surface area (Å²) in [7, 11) is 0. The largest absolute Gasteiger partial charge is 0.388 e. The van der Waals surface area contributed by atoms with E-state index in [-0.39, 0.29) is 34.1 Å². The normalized spacial score (nSPS) is 32.6. The number of aliphatic hydroxyl groups excluding tert-OH is 1. The van der Waals surface area contributed by atoms with E-state index in [0.717, 1.165) is 6.07 Å². The molecule has 0 radical (unpaired) electrons. The average molecular weight is 335 g/mol. The summed E-state index contributed by atoms with van der Waals surface area (Å²) in [6.45, 7) is 5.65. The molecule has 1 N–H and O–H groups in total. The third-order valence-electron chi connectivity index (χ3n) is 4.06. The van der Waals surface area contributed by atoms with E-state index < -0.39 is 17.7 Å². The lowest BCUT2D eigenvalue weighted by Crippen LogP contribution is -2.26. The van der Waals surface area contributed by atoms with Gasteiger partial charge in [-0.25, -0.2) is 8.78 Å². The van der Waals surface area contributed by atoms with Gasteiger partial charge in [0.05, 0.1) is 28.3 Å². The molecule has 0 bridgehead atoms. The molecule has 106 valence electrons. The first-order valence-electron chi connectivity index (χ1n) is 6.31. The molecule has 5 atom stereocenters. The van der Waals surface area contributed by atoms with Crippen molar-refractivity contribution < 1.29 is 18.6 Å². The second kappa shape index (κ2) is 5.46. The lowest BCUT2D eigenvalue weighted by molar-refractivity contribution is 0.0208. The van der Waals surface area contributed by atoms with Crippen molar-refractivity contribution in [2.45, 2.75) is 39.1 Å². The summed E-state index contributed by atoms with van der Waals surface area (Å²) < 4.78 is 33.6. The van der Waals surface area contributed by atoms with Crippen molar-refractivity contribution in [3.05, 3.63) is 33.8 Å². The zero-order valence-corrected chi connectivity index (χ0v) is 12.6. The second-order valence-electron chi connectivity index (χ2n) is 5.18. The molecule has 5 heteroatoms. The zero-order valence-electron chi connectivity index (χ0n) is 11.0. The molecule has 0 amide bonds. The first kappa shape index (κ1) is 14.9. The van der Waals surface area contributed by atoms with Gasteiger partial charge in [-0.15, -0.1) is 0 Å². The molecule has 0 aromatic heterocycles. The van der Waals surface area contributed by atoms with Gasteiger partial charge in [0, 0.05) is 5.92 Å². The molecule has 5 unspecified atom stereocenters. The summed E-state index contributed by atoms with van der Waals surface area (Å²) in [5.41, 5.74) is -0.282. The number of ether oxygens (including phenoxy) is 1. The van der Waals surface area contributed by atoms with E-state index in [1.54, 1.807) is 0 Å². The van der Waals surface area contributed by atoms with E-state index >= 15 is 0 Å². The topological polar surface area (TPSA) is 29.5 Å². The van der Waals surface area contributed by atoms with Crippen molar-refractivity contribution in [2.75, 3.05) is 0 Å². The number of aliphatic hydroxyl groups is 1. The first-order valence-corrected chi connectivity index (χ1v) is 7.10. The summed E-state index contributed by atoms with van der Waals surface area (Å²) in [5.74, 6) is -1.77. The fraction of sp³-hybridized carbons (Fsp3) is 0.571. The Bertz CT molecular complexity index is 481. The SMILES string of the molecule is CC1OC(C)C(C(O)c2c(F)ccc(Br)c2F)C1C. The lowest BCUT2D eigenvalue weighted by atomic mass is 9.82. The van der Waals surface area contributed by atoms with Crippen molar-refractivity contribution in [1.29, 1.82) is 0 Å². The highest BCUT2D eigenvalue weighted by molar-refractivity contribution is 9.10. The van der Waals surface area contributed by atoms with Gasteiger partial charge in [-0.05, 0) is 47.8 Å². The molecule has 1 heterocycles. The van der Waals surface area contributed by atoms with E-state index in [0.29, 0.717) is 0 Å². The van der Waals surface area contributed by atoms with Crippen molar-refractivity contribution >= 4 is 15.9 Å². The highest BCUT2D eigenvalue weighted by atomic mass is 79.9. The Hall–Kier alpha value is -0.520. The molecule has 1 aliphatic heterocycles. The van der Waals surface area contributed by atoms with Crippen LogP contribution in [-0.2, 0) is 4.74 Å². The van der Waals surface area contributed by atoms with Crippen LogP contribution in [0.5, 0.6) is 0 Å². The maximum absolute atomic E-state index is 14.0. The molecule has 1 aromatic carbocycles. The maximum atomic E-state index is 14.0. The van der Waals surface area contributed by atoms with E-state index in [1.807, 2.05) is 20.8 Å². The molecule has 19 heavy (non-hydrogen) atoms. The predicted octanol–water partition coefficient (Wildman–Crippen LogP) is 3.82. The standard InChI is InChI=1S/C14H17BrF2O2/c1-6-7(2)19-8(3)11(6)14(18)12-10(16)5-4-9(15)13(12)17/h4-8,11,14,18H,1-3H3. The highest BCUT2D eigenvalue weighted by Gasteiger charge is 2.43.